The van der Waals surface area contributed by atoms with Crippen LogP contribution in [0, 0.1) is 12.8 Å². The van der Waals surface area contributed by atoms with Crippen LogP contribution in [0.25, 0.3) is 0 Å². The Balaban J connectivity index is 1.75. The van der Waals surface area contributed by atoms with Gasteiger partial charge in [0.1, 0.15) is 5.75 Å². The molecule has 156 valence electrons. The molecular weight excluding hydrogens is 435 g/mol. The lowest BCUT2D eigenvalue weighted by molar-refractivity contribution is -0.120. The van der Waals surface area contributed by atoms with E-state index in [0.717, 1.165) is 5.56 Å². The van der Waals surface area contributed by atoms with Gasteiger partial charge in [0.15, 0.2) is 0 Å². The van der Waals surface area contributed by atoms with Gasteiger partial charge in [0.05, 0.1) is 22.9 Å². The van der Waals surface area contributed by atoms with E-state index in [4.69, 9.17) is 27.9 Å². The van der Waals surface area contributed by atoms with Crippen molar-refractivity contribution in [3.63, 3.8) is 0 Å². The highest BCUT2D eigenvalue weighted by Crippen LogP contribution is 2.30. The first kappa shape index (κ1) is 21.9. The van der Waals surface area contributed by atoms with Crippen molar-refractivity contribution in [2.45, 2.75) is 24.7 Å². The molecule has 0 unspecified atom stereocenters. The van der Waals surface area contributed by atoms with E-state index in [2.05, 4.69) is 5.32 Å². The quantitative estimate of drug-likeness (QED) is 0.725. The van der Waals surface area contributed by atoms with Crippen LogP contribution in [0.4, 0.5) is 5.69 Å². The zero-order chi connectivity index (χ0) is 21.2. The minimum Gasteiger partial charge on any atom is -0.495 e. The van der Waals surface area contributed by atoms with Gasteiger partial charge in [0.2, 0.25) is 15.9 Å². The maximum atomic E-state index is 13.0. The number of rotatable bonds is 5. The lowest BCUT2D eigenvalue weighted by Crippen LogP contribution is -2.43. The van der Waals surface area contributed by atoms with Gasteiger partial charge in [-0.1, -0.05) is 23.2 Å². The molecule has 1 saturated heterocycles. The van der Waals surface area contributed by atoms with Crippen LogP contribution in [0.15, 0.2) is 41.3 Å². The lowest BCUT2D eigenvalue weighted by atomic mass is 9.98. The van der Waals surface area contributed by atoms with Gasteiger partial charge in [-0.2, -0.15) is 4.31 Å². The van der Waals surface area contributed by atoms with Crippen molar-refractivity contribution in [2.75, 3.05) is 25.5 Å². The van der Waals surface area contributed by atoms with E-state index in [-0.39, 0.29) is 22.4 Å². The Morgan fingerprint density at radius 3 is 2.62 bits per heavy atom. The summed E-state index contributed by atoms with van der Waals surface area (Å²) in [6.45, 7) is 2.33. The van der Waals surface area contributed by atoms with E-state index in [9.17, 15) is 13.2 Å². The fourth-order valence-corrected chi connectivity index (χ4v) is 5.43. The van der Waals surface area contributed by atoms with Crippen LogP contribution in [0.2, 0.25) is 10.0 Å². The monoisotopic (exact) mass is 456 g/mol. The largest absolute Gasteiger partial charge is 0.495 e. The molecule has 2 aromatic rings. The maximum Gasteiger partial charge on any atom is 0.243 e. The van der Waals surface area contributed by atoms with Crippen molar-refractivity contribution in [3.8, 4) is 5.75 Å². The zero-order valence-electron chi connectivity index (χ0n) is 16.1. The maximum absolute atomic E-state index is 13.0. The number of amides is 1. The number of anilines is 1. The Labute approximate surface area is 180 Å². The predicted octanol–water partition coefficient (Wildman–Crippen LogP) is 4.35. The smallest absolute Gasteiger partial charge is 0.243 e. The van der Waals surface area contributed by atoms with Crippen molar-refractivity contribution < 1.29 is 17.9 Å². The van der Waals surface area contributed by atoms with E-state index in [1.165, 1.54) is 29.6 Å². The fraction of sp³-hybridized carbons (Fsp3) is 0.350. The number of methoxy groups -OCH3 is 1. The van der Waals surface area contributed by atoms with Crippen LogP contribution in [-0.4, -0.2) is 38.8 Å². The van der Waals surface area contributed by atoms with Crippen LogP contribution in [0.3, 0.4) is 0 Å². The Bertz CT molecular complexity index is 1030. The number of nitrogens with one attached hydrogen (secondary N) is 1. The van der Waals surface area contributed by atoms with Gasteiger partial charge in [-0.05, 0) is 61.7 Å². The van der Waals surface area contributed by atoms with Gasteiger partial charge < -0.3 is 10.1 Å². The second-order valence-electron chi connectivity index (χ2n) is 6.95. The average Bonchev–Trinajstić information content (AvgIpc) is 2.70. The molecule has 0 spiro atoms. The normalized spacial score (nSPS) is 17.7. The van der Waals surface area contributed by atoms with E-state index in [1.54, 1.807) is 18.2 Å². The van der Waals surface area contributed by atoms with Crippen LogP contribution in [-0.2, 0) is 14.8 Å². The number of carbonyl (C=O) groups is 1. The number of sulfonamides is 1. The zero-order valence-corrected chi connectivity index (χ0v) is 18.4. The number of nitrogens with zero attached hydrogens (tertiary/aromatic N) is 1. The highest BCUT2D eigenvalue weighted by Gasteiger charge is 2.33. The molecule has 3 rings (SSSR count). The van der Waals surface area contributed by atoms with Gasteiger partial charge in [-0.25, -0.2) is 8.42 Å². The molecule has 0 radical (unpaired) electrons. The van der Waals surface area contributed by atoms with Crippen molar-refractivity contribution in [1.82, 2.24) is 4.31 Å². The first-order valence-corrected chi connectivity index (χ1v) is 11.3. The average molecular weight is 457 g/mol. The van der Waals surface area contributed by atoms with Crippen molar-refractivity contribution >= 4 is 44.8 Å². The summed E-state index contributed by atoms with van der Waals surface area (Å²) in [5.74, 6) is -0.245. The van der Waals surface area contributed by atoms with Crippen LogP contribution in [0.5, 0.6) is 5.75 Å². The standard InChI is InChI=1S/C20H22Cl2N2O4S/c1-13-10-15(21)5-7-18(13)23-20(25)14-4-3-9-24(12-14)29(26,27)16-6-8-19(28-2)17(22)11-16/h5-8,10-11,14H,3-4,9,12H2,1-2H3,(H,23,25)/t14-/m0/s1. The summed E-state index contributed by atoms with van der Waals surface area (Å²) in [5, 5.41) is 3.70. The Hall–Kier alpha value is -1.80. The number of benzene rings is 2. The molecule has 1 fully saturated rings. The van der Waals surface area contributed by atoms with Gasteiger partial charge in [-0.15, -0.1) is 0 Å². The van der Waals surface area contributed by atoms with Crippen LogP contribution in [0.1, 0.15) is 18.4 Å². The molecule has 1 N–H and O–H groups in total. The number of hydrogen-bond acceptors (Lipinski definition) is 4. The van der Waals surface area contributed by atoms with E-state index in [0.29, 0.717) is 35.8 Å². The molecule has 1 amide bonds. The minimum absolute atomic E-state index is 0.0814. The number of hydrogen-bond donors (Lipinski definition) is 1. The van der Waals surface area contributed by atoms with E-state index >= 15 is 0 Å². The Kier molecular flexibility index (Phi) is 6.73. The molecule has 1 aliphatic heterocycles. The first-order chi connectivity index (χ1) is 13.7. The molecule has 0 saturated carbocycles. The second-order valence-corrected chi connectivity index (χ2v) is 9.73. The van der Waals surface area contributed by atoms with E-state index in [1.807, 2.05) is 6.92 Å². The molecule has 0 bridgehead atoms. The molecule has 2 aromatic carbocycles. The fourth-order valence-electron chi connectivity index (χ4n) is 3.33. The molecule has 6 nitrogen and oxygen atoms in total. The number of halogens is 2. The van der Waals surface area contributed by atoms with Crippen LogP contribution < -0.4 is 10.1 Å². The Morgan fingerprint density at radius 2 is 1.97 bits per heavy atom. The first-order valence-electron chi connectivity index (χ1n) is 9.13. The molecule has 0 aromatic heterocycles. The molecule has 1 aliphatic rings. The third-order valence-electron chi connectivity index (χ3n) is 4.96. The van der Waals surface area contributed by atoms with Crippen molar-refractivity contribution in [3.05, 3.63) is 52.0 Å². The number of piperidine rings is 1. The van der Waals surface area contributed by atoms with Gasteiger partial charge in [0, 0.05) is 23.8 Å². The summed E-state index contributed by atoms with van der Waals surface area (Å²) in [5.41, 5.74) is 1.51. The highest BCUT2D eigenvalue weighted by atomic mass is 35.5. The molecule has 0 aliphatic carbocycles. The van der Waals surface area contributed by atoms with Crippen LogP contribution >= 0.6 is 23.2 Å². The summed E-state index contributed by atoms with van der Waals surface area (Å²) in [6.07, 6.45) is 1.22. The molecule has 29 heavy (non-hydrogen) atoms. The third kappa shape index (κ3) is 4.86. The minimum atomic E-state index is -3.77. The molecule has 9 heteroatoms. The number of aryl methyl sites for hydroxylation is 1. The SMILES string of the molecule is COc1ccc(S(=O)(=O)N2CCC[C@H](C(=O)Nc3ccc(Cl)cc3C)C2)cc1Cl. The molecule has 1 heterocycles. The summed E-state index contributed by atoms with van der Waals surface area (Å²) in [4.78, 5) is 12.8. The summed E-state index contributed by atoms with van der Waals surface area (Å²) >= 11 is 12.0. The van der Waals surface area contributed by atoms with Crippen molar-refractivity contribution in [1.29, 1.82) is 0 Å². The summed E-state index contributed by atoms with van der Waals surface area (Å²) < 4.78 is 32.5. The van der Waals surface area contributed by atoms with Gasteiger partial charge in [-0.3, -0.25) is 4.79 Å². The molecular formula is C20H22Cl2N2O4S. The second kappa shape index (κ2) is 8.92. The lowest BCUT2D eigenvalue weighted by Gasteiger charge is -2.31. The highest BCUT2D eigenvalue weighted by molar-refractivity contribution is 7.89. The topological polar surface area (TPSA) is 75.7 Å². The number of carbonyl (C=O) groups excluding carboxylic acids is 1. The third-order valence-corrected chi connectivity index (χ3v) is 7.35. The van der Waals surface area contributed by atoms with E-state index < -0.39 is 15.9 Å². The van der Waals surface area contributed by atoms with Gasteiger partial charge >= 0.3 is 0 Å². The van der Waals surface area contributed by atoms with Gasteiger partial charge in [0.25, 0.3) is 0 Å². The van der Waals surface area contributed by atoms with Crippen molar-refractivity contribution in [2.24, 2.45) is 5.92 Å². The Morgan fingerprint density at radius 1 is 1.21 bits per heavy atom. The molecule has 1 atom stereocenters. The summed E-state index contributed by atoms with van der Waals surface area (Å²) in [6, 6.07) is 9.56. The predicted molar refractivity (Wildman–Crippen MR) is 114 cm³/mol. The summed E-state index contributed by atoms with van der Waals surface area (Å²) in [7, 11) is -2.30. The number of ether oxygens (including phenoxy) is 1.